The van der Waals surface area contributed by atoms with Gasteiger partial charge in [-0.3, -0.25) is 4.79 Å². The Kier molecular flexibility index (Phi) is 8.08. The normalized spacial score (nSPS) is 10.8. The Hall–Kier alpha value is -1.25. The van der Waals surface area contributed by atoms with E-state index in [1.54, 1.807) is 0 Å². The van der Waals surface area contributed by atoms with Crippen LogP contribution in [-0.4, -0.2) is 5.78 Å². The number of hydrogen-bond acceptors (Lipinski definition) is 1. The lowest BCUT2D eigenvalue weighted by atomic mass is 10.0. The number of hydrogen-bond donors (Lipinski definition) is 0. The first-order valence-electron chi connectivity index (χ1n) is 7.64. The van der Waals surface area contributed by atoms with Crippen molar-refractivity contribution in [1.29, 1.82) is 0 Å². The van der Waals surface area contributed by atoms with Crippen LogP contribution in [0.4, 0.5) is 8.78 Å². The first-order chi connectivity index (χ1) is 9.66. The molecule has 20 heavy (non-hydrogen) atoms. The van der Waals surface area contributed by atoms with E-state index in [-0.39, 0.29) is 11.3 Å². The minimum absolute atomic E-state index is 0.118. The van der Waals surface area contributed by atoms with Crippen LogP contribution in [0.25, 0.3) is 0 Å². The average Bonchev–Trinajstić information content (AvgIpc) is 2.44. The zero-order valence-corrected chi connectivity index (χ0v) is 12.3. The molecule has 0 heterocycles. The van der Waals surface area contributed by atoms with Crippen molar-refractivity contribution in [2.45, 2.75) is 64.7 Å². The second-order valence-corrected chi connectivity index (χ2v) is 5.25. The highest BCUT2D eigenvalue weighted by molar-refractivity contribution is 5.96. The number of benzene rings is 1. The van der Waals surface area contributed by atoms with Crippen LogP contribution in [0.5, 0.6) is 0 Å². The van der Waals surface area contributed by atoms with Gasteiger partial charge in [-0.2, -0.15) is 0 Å². The van der Waals surface area contributed by atoms with E-state index in [4.69, 9.17) is 0 Å². The van der Waals surface area contributed by atoms with Gasteiger partial charge in [0.15, 0.2) is 17.4 Å². The van der Waals surface area contributed by atoms with E-state index < -0.39 is 11.6 Å². The van der Waals surface area contributed by atoms with Gasteiger partial charge < -0.3 is 0 Å². The van der Waals surface area contributed by atoms with Gasteiger partial charge in [-0.1, -0.05) is 57.9 Å². The summed E-state index contributed by atoms with van der Waals surface area (Å²) in [7, 11) is 0. The van der Waals surface area contributed by atoms with Crippen LogP contribution in [0.1, 0.15) is 75.1 Å². The zero-order valence-electron chi connectivity index (χ0n) is 12.3. The van der Waals surface area contributed by atoms with E-state index in [1.165, 1.54) is 44.2 Å². The Morgan fingerprint density at radius 3 is 2.20 bits per heavy atom. The summed E-state index contributed by atoms with van der Waals surface area (Å²) in [6, 6.07) is 3.76. The zero-order chi connectivity index (χ0) is 14.8. The Morgan fingerprint density at radius 1 is 0.950 bits per heavy atom. The molecular formula is C17H24F2O. The molecule has 0 saturated heterocycles. The van der Waals surface area contributed by atoms with Crippen molar-refractivity contribution in [3.05, 3.63) is 35.4 Å². The molecule has 3 heteroatoms. The summed E-state index contributed by atoms with van der Waals surface area (Å²) in [4.78, 5) is 11.8. The molecule has 112 valence electrons. The van der Waals surface area contributed by atoms with Crippen LogP contribution in [-0.2, 0) is 0 Å². The van der Waals surface area contributed by atoms with E-state index in [0.29, 0.717) is 6.42 Å². The highest BCUT2D eigenvalue weighted by Gasteiger charge is 2.14. The van der Waals surface area contributed by atoms with E-state index in [1.807, 2.05) is 0 Å². The second-order valence-electron chi connectivity index (χ2n) is 5.25. The molecule has 1 rings (SSSR count). The Labute approximate surface area is 120 Å². The third-order valence-electron chi connectivity index (χ3n) is 3.51. The van der Waals surface area contributed by atoms with Gasteiger partial charge in [0, 0.05) is 6.42 Å². The molecule has 0 unspecified atom stereocenters. The molecule has 0 aliphatic rings. The van der Waals surface area contributed by atoms with Gasteiger partial charge in [0.2, 0.25) is 0 Å². The van der Waals surface area contributed by atoms with Crippen molar-refractivity contribution in [2.24, 2.45) is 0 Å². The van der Waals surface area contributed by atoms with E-state index in [2.05, 4.69) is 6.92 Å². The number of ketones is 1. The molecule has 0 N–H and O–H groups in total. The standard InChI is InChI=1S/C17H24F2O/c1-2-3-4-5-6-7-8-9-13-16(20)14-11-10-12-15(18)17(14)19/h10-12H,2-9,13H2,1H3. The minimum atomic E-state index is -1.02. The molecule has 0 bridgehead atoms. The van der Waals surface area contributed by atoms with Gasteiger partial charge >= 0.3 is 0 Å². The largest absolute Gasteiger partial charge is 0.294 e. The molecule has 1 nitrogen and oxygen atoms in total. The van der Waals surface area contributed by atoms with Crippen LogP contribution >= 0.6 is 0 Å². The van der Waals surface area contributed by atoms with Crippen molar-refractivity contribution in [3.63, 3.8) is 0 Å². The van der Waals surface area contributed by atoms with Crippen LogP contribution in [0.3, 0.4) is 0 Å². The Morgan fingerprint density at radius 2 is 1.55 bits per heavy atom. The smallest absolute Gasteiger partial charge is 0.169 e. The molecule has 0 aliphatic carbocycles. The van der Waals surface area contributed by atoms with E-state index in [9.17, 15) is 13.6 Å². The maximum absolute atomic E-state index is 13.4. The summed E-state index contributed by atoms with van der Waals surface area (Å²) >= 11 is 0. The summed E-state index contributed by atoms with van der Waals surface area (Å²) < 4.78 is 26.4. The first kappa shape index (κ1) is 16.8. The molecule has 1 aromatic carbocycles. The summed E-state index contributed by atoms with van der Waals surface area (Å²) in [6.45, 7) is 2.19. The lowest BCUT2D eigenvalue weighted by Gasteiger charge is -2.04. The van der Waals surface area contributed by atoms with Crippen LogP contribution in [0.2, 0.25) is 0 Å². The van der Waals surface area contributed by atoms with Gasteiger partial charge in [-0.15, -0.1) is 0 Å². The van der Waals surface area contributed by atoms with Crippen LogP contribution in [0, 0.1) is 11.6 Å². The fourth-order valence-corrected chi connectivity index (χ4v) is 2.27. The first-order valence-corrected chi connectivity index (χ1v) is 7.64. The third-order valence-corrected chi connectivity index (χ3v) is 3.51. The van der Waals surface area contributed by atoms with E-state index >= 15 is 0 Å². The highest BCUT2D eigenvalue weighted by Crippen LogP contribution is 2.16. The topological polar surface area (TPSA) is 17.1 Å². The Bertz CT molecular complexity index is 415. The molecule has 0 aliphatic heterocycles. The number of Topliss-reactive ketones (excluding diaryl/α,β-unsaturated/α-hetero) is 1. The summed E-state index contributed by atoms with van der Waals surface area (Å²) in [5.74, 6) is -2.27. The number of rotatable bonds is 10. The van der Waals surface area contributed by atoms with Gasteiger partial charge in [0.1, 0.15) is 0 Å². The summed E-state index contributed by atoms with van der Waals surface area (Å²) in [5.41, 5.74) is -0.118. The predicted octanol–water partition coefficient (Wildman–Crippen LogP) is 5.68. The lowest BCUT2D eigenvalue weighted by molar-refractivity contribution is 0.0974. The van der Waals surface area contributed by atoms with Crippen molar-refractivity contribution >= 4 is 5.78 Å². The van der Waals surface area contributed by atoms with E-state index in [0.717, 1.165) is 25.3 Å². The summed E-state index contributed by atoms with van der Waals surface area (Å²) in [6.07, 6.45) is 9.41. The molecule has 0 radical (unpaired) electrons. The molecule has 0 amide bonds. The SMILES string of the molecule is CCCCCCCCCCC(=O)c1cccc(F)c1F. The van der Waals surface area contributed by atoms with Crippen molar-refractivity contribution < 1.29 is 13.6 Å². The monoisotopic (exact) mass is 282 g/mol. The molecule has 0 spiro atoms. The lowest BCUT2D eigenvalue weighted by Crippen LogP contribution is -2.04. The van der Waals surface area contributed by atoms with Crippen molar-refractivity contribution in [3.8, 4) is 0 Å². The minimum Gasteiger partial charge on any atom is -0.294 e. The fraction of sp³-hybridized carbons (Fsp3) is 0.588. The molecular weight excluding hydrogens is 258 g/mol. The van der Waals surface area contributed by atoms with Gasteiger partial charge in [0.25, 0.3) is 0 Å². The Balaban J connectivity index is 2.19. The average molecular weight is 282 g/mol. The molecule has 0 saturated carbocycles. The maximum Gasteiger partial charge on any atom is 0.169 e. The second kappa shape index (κ2) is 9.62. The molecule has 0 atom stereocenters. The van der Waals surface area contributed by atoms with Crippen molar-refractivity contribution in [1.82, 2.24) is 0 Å². The molecule has 1 aromatic rings. The number of unbranched alkanes of at least 4 members (excludes halogenated alkanes) is 7. The quantitative estimate of drug-likeness (QED) is 0.398. The molecule has 0 fully saturated rings. The summed E-state index contributed by atoms with van der Waals surface area (Å²) in [5, 5.41) is 0. The van der Waals surface area contributed by atoms with Crippen molar-refractivity contribution in [2.75, 3.05) is 0 Å². The van der Waals surface area contributed by atoms with Gasteiger partial charge in [0.05, 0.1) is 5.56 Å². The fourth-order valence-electron chi connectivity index (χ4n) is 2.27. The number of halogens is 2. The number of carbonyl (C=O) groups excluding carboxylic acids is 1. The maximum atomic E-state index is 13.4. The van der Waals surface area contributed by atoms with Gasteiger partial charge in [-0.25, -0.2) is 8.78 Å². The predicted molar refractivity (Wildman–Crippen MR) is 77.9 cm³/mol. The van der Waals surface area contributed by atoms with Gasteiger partial charge in [-0.05, 0) is 18.6 Å². The highest BCUT2D eigenvalue weighted by atomic mass is 19.2. The van der Waals surface area contributed by atoms with Crippen LogP contribution < -0.4 is 0 Å². The number of carbonyl (C=O) groups is 1. The van der Waals surface area contributed by atoms with Crippen LogP contribution in [0.15, 0.2) is 18.2 Å². The third kappa shape index (κ3) is 5.81. The molecule has 0 aromatic heterocycles.